The van der Waals surface area contributed by atoms with Crippen molar-refractivity contribution in [3.63, 3.8) is 0 Å². The van der Waals surface area contributed by atoms with Crippen LogP contribution in [0.1, 0.15) is 15.9 Å². The fraction of sp³-hybridized carbons (Fsp3) is 0.0526. The van der Waals surface area contributed by atoms with Crippen LogP contribution >= 0.6 is 11.8 Å². The van der Waals surface area contributed by atoms with Crippen molar-refractivity contribution in [2.75, 3.05) is 11.9 Å². The maximum atomic E-state index is 12.4. The van der Waals surface area contributed by atoms with E-state index in [0.717, 1.165) is 34.4 Å². The fourth-order valence-corrected chi connectivity index (χ4v) is 3.29. The molecule has 1 fully saturated rings. The Morgan fingerprint density at radius 1 is 1.14 bits per heavy atom. The van der Waals surface area contributed by atoms with Crippen LogP contribution in [0.3, 0.4) is 0 Å². The number of benzene rings is 2. The van der Waals surface area contributed by atoms with Crippen LogP contribution < -0.4 is 10.4 Å². The van der Waals surface area contributed by atoms with Crippen molar-refractivity contribution in [2.45, 2.75) is 0 Å². The molecule has 8 nitrogen and oxygen atoms in total. The molecule has 0 saturated carbocycles. The summed E-state index contributed by atoms with van der Waals surface area (Å²) < 4.78 is 0. The molecule has 142 valence electrons. The second-order valence-electron chi connectivity index (χ2n) is 5.74. The van der Waals surface area contributed by atoms with Crippen LogP contribution in [0.4, 0.5) is 10.5 Å². The molecule has 0 radical (unpaired) electrons. The topological polar surface area (TPSA) is 127 Å². The first-order valence-corrected chi connectivity index (χ1v) is 8.81. The van der Waals surface area contributed by atoms with Crippen LogP contribution in [0.15, 0.2) is 53.4 Å². The lowest BCUT2D eigenvalue weighted by atomic mass is 10.2. The Morgan fingerprint density at radius 2 is 1.86 bits per heavy atom. The Kier molecular flexibility index (Phi) is 5.46. The number of nitrogens with one attached hydrogen (secondary N) is 1. The third-order valence-corrected chi connectivity index (χ3v) is 4.67. The minimum atomic E-state index is -1.42. The monoisotopic (exact) mass is 397 g/mol. The van der Waals surface area contributed by atoms with Crippen LogP contribution in [0.5, 0.6) is 5.75 Å². The van der Waals surface area contributed by atoms with Gasteiger partial charge >= 0.3 is 5.97 Å². The molecular formula is C19H13N2O6S-. The standard InChI is InChI=1S/C19H14N2O6S/c22-14-7-6-12(9-13(14)18(25)26)20-16(23)10-21-17(24)15(28-19(21)27)8-11-4-2-1-3-5-11/h1-9,22H,10H2,(H,20,23)(H,25,26)/p-1/b15-8-. The van der Waals surface area contributed by atoms with E-state index in [1.165, 1.54) is 6.07 Å². The van der Waals surface area contributed by atoms with Gasteiger partial charge in [0, 0.05) is 5.69 Å². The maximum absolute atomic E-state index is 12.4. The van der Waals surface area contributed by atoms with Gasteiger partial charge in [0.05, 0.1) is 10.5 Å². The number of imide groups is 1. The first kappa shape index (κ1) is 19.2. The van der Waals surface area contributed by atoms with Crippen molar-refractivity contribution in [2.24, 2.45) is 0 Å². The van der Waals surface area contributed by atoms with Gasteiger partial charge in [-0.3, -0.25) is 19.3 Å². The zero-order valence-corrected chi connectivity index (χ0v) is 15.1. The Balaban J connectivity index is 1.70. The van der Waals surface area contributed by atoms with Gasteiger partial charge in [-0.2, -0.15) is 0 Å². The number of nitrogens with zero attached hydrogens (tertiary/aromatic N) is 1. The normalized spacial score (nSPS) is 15.1. The van der Waals surface area contributed by atoms with E-state index in [2.05, 4.69) is 5.32 Å². The average Bonchev–Trinajstić information content (AvgIpc) is 2.91. The highest BCUT2D eigenvalue weighted by atomic mass is 32.2. The summed E-state index contributed by atoms with van der Waals surface area (Å²) in [6.07, 6.45) is 1.56. The predicted octanol–water partition coefficient (Wildman–Crippen LogP) is 2.13. The molecule has 0 spiro atoms. The van der Waals surface area contributed by atoms with Crippen LogP contribution in [0.2, 0.25) is 0 Å². The number of carbonyl (C=O) groups is 4. The lowest BCUT2D eigenvalue weighted by Gasteiger charge is -2.14. The van der Waals surface area contributed by atoms with E-state index >= 15 is 0 Å². The van der Waals surface area contributed by atoms with Crippen molar-refractivity contribution in [3.8, 4) is 5.75 Å². The first-order chi connectivity index (χ1) is 13.3. The lowest BCUT2D eigenvalue weighted by Crippen LogP contribution is -2.36. The summed E-state index contributed by atoms with van der Waals surface area (Å²) in [5.74, 6) is -3.39. The third kappa shape index (κ3) is 4.21. The van der Waals surface area contributed by atoms with E-state index in [-0.39, 0.29) is 10.6 Å². The smallest absolute Gasteiger partial charge is 0.335 e. The molecule has 0 bridgehead atoms. The highest BCUT2D eigenvalue weighted by Crippen LogP contribution is 2.32. The highest BCUT2D eigenvalue weighted by Gasteiger charge is 2.36. The summed E-state index contributed by atoms with van der Waals surface area (Å²) in [5, 5.41) is 22.2. The Morgan fingerprint density at radius 3 is 2.54 bits per heavy atom. The summed E-state index contributed by atoms with van der Waals surface area (Å²) in [4.78, 5) is 48.7. The fourth-order valence-electron chi connectivity index (χ4n) is 2.46. The van der Waals surface area contributed by atoms with E-state index in [9.17, 15) is 24.3 Å². The van der Waals surface area contributed by atoms with E-state index in [1.54, 1.807) is 30.3 Å². The summed E-state index contributed by atoms with van der Waals surface area (Å²) in [5.41, 5.74) is 0.333. The molecule has 28 heavy (non-hydrogen) atoms. The van der Waals surface area contributed by atoms with Gasteiger partial charge in [0.25, 0.3) is 11.1 Å². The maximum Gasteiger partial charge on any atom is 0.335 e. The third-order valence-electron chi connectivity index (χ3n) is 3.77. The Hall–Kier alpha value is -3.59. The molecule has 2 N–H and O–H groups in total. The van der Waals surface area contributed by atoms with Crippen molar-refractivity contribution < 1.29 is 29.4 Å². The number of amides is 3. The average molecular weight is 397 g/mol. The van der Waals surface area contributed by atoms with Crippen LogP contribution in [0, 0.1) is 0 Å². The second kappa shape index (κ2) is 7.97. The highest BCUT2D eigenvalue weighted by molar-refractivity contribution is 8.18. The number of aromatic carboxylic acids is 1. The van der Waals surface area contributed by atoms with Gasteiger partial charge in [0.15, 0.2) is 0 Å². The van der Waals surface area contributed by atoms with Crippen molar-refractivity contribution in [3.05, 3.63) is 64.6 Å². The summed E-state index contributed by atoms with van der Waals surface area (Å²) in [7, 11) is 0. The second-order valence-corrected chi connectivity index (χ2v) is 6.74. The number of hydrogen-bond donors (Lipinski definition) is 2. The molecule has 9 heteroatoms. The number of anilines is 1. The summed E-state index contributed by atoms with van der Waals surface area (Å²) in [6, 6.07) is 12.2. The Labute approximate surface area is 163 Å². The zero-order chi connectivity index (χ0) is 20.3. The molecule has 1 aliphatic heterocycles. The van der Waals surface area contributed by atoms with E-state index in [4.69, 9.17) is 5.11 Å². The molecule has 2 aromatic rings. The molecule has 0 aromatic heterocycles. The molecule has 3 rings (SSSR count). The number of carboxylic acids is 1. The molecular weight excluding hydrogens is 384 g/mol. The van der Waals surface area contributed by atoms with Crippen LogP contribution in [-0.4, -0.2) is 39.6 Å². The molecule has 0 unspecified atom stereocenters. The molecule has 0 aliphatic carbocycles. The predicted molar refractivity (Wildman–Crippen MR) is 101 cm³/mol. The lowest BCUT2D eigenvalue weighted by molar-refractivity contribution is -0.268. The SMILES string of the molecule is O=C(CN1C(=O)S/C(=C\c2ccccc2)C1=O)Nc1ccc([O-])c(C(=O)O)c1. The number of carboxylic acid groups (broad SMARTS) is 1. The number of hydrogen-bond acceptors (Lipinski definition) is 6. The summed E-state index contributed by atoms with van der Waals surface area (Å²) in [6.45, 7) is -0.529. The minimum Gasteiger partial charge on any atom is -0.872 e. The molecule has 3 amide bonds. The molecule has 1 aliphatic rings. The zero-order valence-electron chi connectivity index (χ0n) is 14.2. The largest absolute Gasteiger partial charge is 0.872 e. The van der Waals surface area contributed by atoms with E-state index < -0.39 is 40.9 Å². The van der Waals surface area contributed by atoms with Gasteiger partial charge < -0.3 is 15.5 Å². The quantitative estimate of drug-likeness (QED) is 0.740. The van der Waals surface area contributed by atoms with Crippen molar-refractivity contribution >= 4 is 46.5 Å². The molecule has 1 heterocycles. The molecule has 1 saturated heterocycles. The number of carbonyl (C=O) groups excluding carboxylic acids is 3. The van der Waals surface area contributed by atoms with Crippen molar-refractivity contribution in [1.82, 2.24) is 4.90 Å². The van der Waals surface area contributed by atoms with Gasteiger partial charge in [-0.25, -0.2) is 4.79 Å². The Bertz CT molecular complexity index is 1000. The van der Waals surface area contributed by atoms with Crippen LogP contribution in [0.25, 0.3) is 6.08 Å². The van der Waals surface area contributed by atoms with Gasteiger partial charge in [0.1, 0.15) is 6.54 Å². The molecule has 2 aromatic carbocycles. The van der Waals surface area contributed by atoms with E-state index in [1.807, 2.05) is 6.07 Å². The minimum absolute atomic E-state index is 0.0776. The van der Waals surface area contributed by atoms with Crippen LogP contribution in [-0.2, 0) is 9.59 Å². The van der Waals surface area contributed by atoms with Gasteiger partial charge in [0.2, 0.25) is 5.91 Å². The molecule has 0 atom stereocenters. The summed E-state index contributed by atoms with van der Waals surface area (Å²) >= 11 is 0.733. The number of rotatable bonds is 5. The van der Waals surface area contributed by atoms with Crippen molar-refractivity contribution in [1.29, 1.82) is 0 Å². The van der Waals surface area contributed by atoms with Gasteiger partial charge in [-0.05, 0) is 35.5 Å². The number of thioether (sulfide) groups is 1. The van der Waals surface area contributed by atoms with Gasteiger partial charge in [-0.15, -0.1) is 0 Å². The van der Waals surface area contributed by atoms with E-state index in [0.29, 0.717) is 0 Å². The van der Waals surface area contributed by atoms with Gasteiger partial charge in [-0.1, -0.05) is 42.1 Å². The first-order valence-electron chi connectivity index (χ1n) is 8.00.